The zero-order valence-electron chi connectivity index (χ0n) is 17.8. The second-order valence-corrected chi connectivity index (χ2v) is 9.01. The standard InChI is InChI=1S/C24H26FN3O3S/c1-28(20-9-3-2-4-10-20)18-8-7-17-26-24(29)19-13-15-21(16-14-19)32(30,31)27-23-12-6-5-11-22(23)25/h2-6,9-16,27H,7-8,17-18H2,1H3,(H,26,29). The zero-order chi connectivity index (χ0) is 23.0. The van der Waals surface area contributed by atoms with Crippen molar-refractivity contribution in [2.24, 2.45) is 0 Å². The third-order valence-corrected chi connectivity index (χ3v) is 6.33. The predicted octanol–water partition coefficient (Wildman–Crippen LogP) is 4.27. The lowest BCUT2D eigenvalue weighted by Gasteiger charge is -2.19. The van der Waals surface area contributed by atoms with Crippen molar-refractivity contribution in [3.05, 3.63) is 90.2 Å². The molecular weight excluding hydrogens is 429 g/mol. The molecule has 6 nitrogen and oxygen atoms in total. The molecule has 0 spiro atoms. The molecule has 0 atom stereocenters. The van der Waals surface area contributed by atoms with Crippen LogP contribution < -0.4 is 14.9 Å². The van der Waals surface area contributed by atoms with Crippen molar-refractivity contribution in [3.8, 4) is 0 Å². The van der Waals surface area contributed by atoms with Crippen molar-refractivity contribution in [1.82, 2.24) is 5.32 Å². The summed E-state index contributed by atoms with van der Waals surface area (Å²) in [6.45, 7) is 1.40. The summed E-state index contributed by atoms with van der Waals surface area (Å²) in [7, 11) is -1.93. The van der Waals surface area contributed by atoms with Gasteiger partial charge in [-0.15, -0.1) is 0 Å². The van der Waals surface area contributed by atoms with Gasteiger partial charge in [-0.05, 0) is 61.4 Å². The van der Waals surface area contributed by atoms with E-state index in [1.165, 1.54) is 48.5 Å². The highest BCUT2D eigenvalue weighted by atomic mass is 32.2. The summed E-state index contributed by atoms with van der Waals surface area (Å²) in [5, 5.41) is 2.85. The lowest BCUT2D eigenvalue weighted by atomic mass is 10.2. The summed E-state index contributed by atoms with van der Waals surface area (Å²) in [6, 6.07) is 21.1. The van der Waals surface area contributed by atoms with Crippen molar-refractivity contribution in [2.45, 2.75) is 17.7 Å². The van der Waals surface area contributed by atoms with E-state index in [1.807, 2.05) is 25.2 Å². The summed E-state index contributed by atoms with van der Waals surface area (Å²) >= 11 is 0. The number of carbonyl (C=O) groups excluding carboxylic acids is 1. The van der Waals surface area contributed by atoms with Gasteiger partial charge >= 0.3 is 0 Å². The number of nitrogens with one attached hydrogen (secondary N) is 2. The largest absolute Gasteiger partial charge is 0.375 e. The predicted molar refractivity (Wildman–Crippen MR) is 125 cm³/mol. The third kappa shape index (κ3) is 6.31. The highest BCUT2D eigenvalue weighted by molar-refractivity contribution is 7.92. The van der Waals surface area contributed by atoms with Gasteiger partial charge in [-0.25, -0.2) is 12.8 Å². The van der Waals surface area contributed by atoms with E-state index in [9.17, 15) is 17.6 Å². The van der Waals surface area contributed by atoms with Crippen LogP contribution in [0.4, 0.5) is 15.8 Å². The summed E-state index contributed by atoms with van der Waals surface area (Å²) < 4.78 is 40.8. The lowest BCUT2D eigenvalue weighted by Crippen LogP contribution is -2.26. The molecule has 0 aliphatic rings. The van der Waals surface area contributed by atoms with E-state index in [0.717, 1.165) is 25.1 Å². The number of sulfonamides is 1. The molecule has 0 fully saturated rings. The van der Waals surface area contributed by atoms with Gasteiger partial charge in [0.2, 0.25) is 0 Å². The Morgan fingerprint density at radius 2 is 1.56 bits per heavy atom. The minimum atomic E-state index is -3.96. The van der Waals surface area contributed by atoms with Crippen LogP contribution in [0.5, 0.6) is 0 Å². The Balaban J connectivity index is 1.47. The van der Waals surface area contributed by atoms with E-state index >= 15 is 0 Å². The number of carbonyl (C=O) groups is 1. The van der Waals surface area contributed by atoms with Crippen LogP contribution in [0, 0.1) is 5.82 Å². The van der Waals surface area contributed by atoms with Crippen molar-refractivity contribution in [1.29, 1.82) is 0 Å². The number of amides is 1. The van der Waals surface area contributed by atoms with Crippen LogP contribution in [0.2, 0.25) is 0 Å². The first-order valence-corrected chi connectivity index (χ1v) is 11.8. The van der Waals surface area contributed by atoms with Gasteiger partial charge in [0.05, 0.1) is 10.6 Å². The fourth-order valence-corrected chi connectivity index (χ4v) is 4.19. The lowest BCUT2D eigenvalue weighted by molar-refractivity contribution is 0.0953. The fourth-order valence-electron chi connectivity index (χ4n) is 3.12. The summed E-state index contributed by atoms with van der Waals surface area (Å²) in [5.74, 6) is -0.936. The minimum Gasteiger partial charge on any atom is -0.375 e. The van der Waals surface area contributed by atoms with Gasteiger partial charge in [0, 0.05) is 31.4 Å². The molecule has 0 saturated heterocycles. The summed E-state index contributed by atoms with van der Waals surface area (Å²) in [4.78, 5) is 14.4. The van der Waals surface area contributed by atoms with Gasteiger partial charge in [-0.2, -0.15) is 0 Å². The Hall–Kier alpha value is -3.39. The van der Waals surface area contributed by atoms with Crippen LogP contribution in [-0.2, 0) is 10.0 Å². The molecule has 0 radical (unpaired) electrons. The Kier molecular flexibility index (Phi) is 7.83. The molecule has 168 valence electrons. The zero-order valence-corrected chi connectivity index (χ0v) is 18.6. The Morgan fingerprint density at radius 1 is 0.906 bits per heavy atom. The van der Waals surface area contributed by atoms with Gasteiger partial charge in [0.15, 0.2) is 0 Å². The van der Waals surface area contributed by atoms with Crippen molar-refractivity contribution < 1.29 is 17.6 Å². The molecule has 0 aromatic heterocycles. The highest BCUT2D eigenvalue weighted by Gasteiger charge is 2.17. The molecule has 0 saturated carbocycles. The number of rotatable bonds is 10. The normalized spacial score (nSPS) is 11.1. The van der Waals surface area contributed by atoms with Gasteiger partial charge < -0.3 is 10.2 Å². The topological polar surface area (TPSA) is 78.5 Å². The number of anilines is 2. The van der Waals surface area contributed by atoms with Crippen LogP contribution in [0.3, 0.4) is 0 Å². The van der Waals surface area contributed by atoms with E-state index in [0.29, 0.717) is 12.1 Å². The number of unbranched alkanes of at least 4 members (excludes halogenated alkanes) is 1. The monoisotopic (exact) mass is 455 g/mol. The van der Waals surface area contributed by atoms with Crippen LogP contribution in [0.15, 0.2) is 83.8 Å². The first-order chi connectivity index (χ1) is 15.4. The second-order valence-electron chi connectivity index (χ2n) is 7.33. The molecule has 3 rings (SSSR count). The summed E-state index contributed by atoms with van der Waals surface area (Å²) in [6.07, 6.45) is 1.74. The molecule has 0 unspecified atom stereocenters. The van der Waals surface area contributed by atoms with E-state index in [2.05, 4.69) is 27.1 Å². The molecule has 32 heavy (non-hydrogen) atoms. The molecular formula is C24H26FN3O3S. The molecule has 0 bridgehead atoms. The van der Waals surface area contributed by atoms with Crippen molar-refractivity contribution in [2.75, 3.05) is 29.8 Å². The second kappa shape index (κ2) is 10.8. The molecule has 8 heteroatoms. The molecule has 0 aliphatic carbocycles. The number of nitrogens with zero attached hydrogens (tertiary/aromatic N) is 1. The quantitative estimate of drug-likeness (QED) is 0.448. The van der Waals surface area contributed by atoms with Crippen LogP contribution in [0.25, 0.3) is 0 Å². The molecule has 2 N–H and O–H groups in total. The molecule has 3 aromatic carbocycles. The first-order valence-electron chi connectivity index (χ1n) is 10.3. The van der Waals surface area contributed by atoms with E-state index in [1.54, 1.807) is 0 Å². The van der Waals surface area contributed by atoms with Crippen LogP contribution in [-0.4, -0.2) is 34.5 Å². The number of hydrogen-bond acceptors (Lipinski definition) is 4. The first kappa shape index (κ1) is 23.3. The molecule has 0 aliphatic heterocycles. The van der Waals surface area contributed by atoms with Crippen molar-refractivity contribution in [3.63, 3.8) is 0 Å². The molecule has 0 heterocycles. The van der Waals surface area contributed by atoms with E-state index in [-0.39, 0.29) is 16.5 Å². The third-order valence-electron chi connectivity index (χ3n) is 4.95. The SMILES string of the molecule is CN(CCCCNC(=O)c1ccc(S(=O)(=O)Nc2ccccc2F)cc1)c1ccccc1. The van der Waals surface area contributed by atoms with Crippen LogP contribution >= 0.6 is 0 Å². The van der Waals surface area contributed by atoms with E-state index < -0.39 is 15.8 Å². The Morgan fingerprint density at radius 3 is 2.25 bits per heavy atom. The molecule has 1 amide bonds. The maximum atomic E-state index is 13.7. The smallest absolute Gasteiger partial charge is 0.261 e. The van der Waals surface area contributed by atoms with E-state index in [4.69, 9.17) is 0 Å². The summed E-state index contributed by atoms with van der Waals surface area (Å²) in [5.41, 5.74) is 1.37. The number of para-hydroxylation sites is 2. The van der Waals surface area contributed by atoms with Gasteiger partial charge in [0.25, 0.3) is 15.9 Å². The Bertz CT molecular complexity index is 1140. The average molecular weight is 456 g/mol. The number of benzene rings is 3. The number of halogens is 1. The van der Waals surface area contributed by atoms with Gasteiger partial charge in [0.1, 0.15) is 5.82 Å². The Labute approximate surface area is 188 Å². The van der Waals surface area contributed by atoms with Gasteiger partial charge in [-0.1, -0.05) is 30.3 Å². The number of hydrogen-bond donors (Lipinski definition) is 2. The highest BCUT2D eigenvalue weighted by Crippen LogP contribution is 2.19. The van der Waals surface area contributed by atoms with Crippen molar-refractivity contribution >= 4 is 27.3 Å². The average Bonchev–Trinajstić information content (AvgIpc) is 2.80. The maximum Gasteiger partial charge on any atom is 0.261 e. The van der Waals surface area contributed by atoms with Gasteiger partial charge in [-0.3, -0.25) is 9.52 Å². The fraction of sp³-hybridized carbons (Fsp3) is 0.208. The molecule has 3 aromatic rings. The minimum absolute atomic E-state index is 0.0544. The van der Waals surface area contributed by atoms with Crippen LogP contribution in [0.1, 0.15) is 23.2 Å². The maximum absolute atomic E-state index is 13.7.